The Kier molecular flexibility index (Phi) is 3.55. The lowest BCUT2D eigenvalue weighted by Gasteiger charge is -2.15. The zero-order valence-corrected chi connectivity index (χ0v) is 11.6. The number of fused-ring (bicyclic) bond motifs is 1. The third-order valence-electron chi connectivity index (χ3n) is 4.03. The molecule has 2 heteroatoms. The molecule has 2 nitrogen and oxygen atoms in total. The van der Waals surface area contributed by atoms with Crippen LogP contribution in [0.15, 0.2) is 48.5 Å². The first-order valence-electron chi connectivity index (χ1n) is 7.05. The van der Waals surface area contributed by atoms with Crippen molar-refractivity contribution in [2.75, 3.05) is 7.11 Å². The minimum absolute atomic E-state index is 0.0475. The first kappa shape index (κ1) is 12.9. The van der Waals surface area contributed by atoms with E-state index in [1.54, 1.807) is 7.11 Å². The Balaban J connectivity index is 2.00. The molecule has 0 radical (unpaired) electrons. The minimum atomic E-state index is -0.0475. The van der Waals surface area contributed by atoms with Crippen molar-refractivity contribution >= 4 is 5.78 Å². The smallest absolute Gasteiger partial charge is 0.170 e. The molecule has 0 N–H and O–H groups in total. The summed E-state index contributed by atoms with van der Waals surface area (Å²) >= 11 is 0. The fraction of sp³-hybridized carbons (Fsp3) is 0.278. The molecule has 0 amide bonds. The van der Waals surface area contributed by atoms with E-state index in [4.69, 9.17) is 4.74 Å². The topological polar surface area (TPSA) is 26.3 Å². The van der Waals surface area contributed by atoms with Gasteiger partial charge < -0.3 is 4.74 Å². The first-order chi connectivity index (χ1) is 9.79. The number of benzene rings is 2. The van der Waals surface area contributed by atoms with Crippen molar-refractivity contribution in [2.45, 2.75) is 25.2 Å². The van der Waals surface area contributed by atoms with Gasteiger partial charge in [-0.1, -0.05) is 36.4 Å². The molecule has 1 unspecified atom stereocenters. The molecule has 1 atom stereocenters. The predicted molar refractivity (Wildman–Crippen MR) is 79.4 cm³/mol. The fourth-order valence-corrected chi connectivity index (χ4v) is 2.97. The highest BCUT2D eigenvalue weighted by Crippen LogP contribution is 2.32. The molecule has 0 saturated heterocycles. The normalized spacial score (nSPS) is 18.2. The molecule has 0 spiro atoms. The molecular formula is C18H18O2. The largest absolute Gasteiger partial charge is 0.497 e. The van der Waals surface area contributed by atoms with Crippen LogP contribution in [0.5, 0.6) is 5.75 Å². The molecule has 0 heterocycles. The lowest BCUT2D eigenvalue weighted by Crippen LogP contribution is -2.12. The summed E-state index contributed by atoms with van der Waals surface area (Å²) in [5, 5.41) is 0. The van der Waals surface area contributed by atoms with E-state index in [-0.39, 0.29) is 11.7 Å². The van der Waals surface area contributed by atoms with Gasteiger partial charge in [-0.15, -0.1) is 0 Å². The Hall–Kier alpha value is -2.09. The number of hydrogen-bond acceptors (Lipinski definition) is 2. The van der Waals surface area contributed by atoms with Gasteiger partial charge in [-0.05, 0) is 42.5 Å². The van der Waals surface area contributed by atoms with Gasteiger partial charge in [0.1, 0.15) is 5.75 Å². The molecule has 102 valence electrons. The van der Waals surface area contributed by atoms with E-state index in [1.807, 2.05) is 42.5 Å². The van der Waals surface area contributed by atoms with Gasteiger partial charge in [0.2, 0.25) is 0 Å². The summed E-state index contributed by atoms with van der Waals surface area (Å²) in [5.74, 6) is 1.01. The molecular weight excluding hydrogens is 248 g/mol. The third-order valence-corrected chi connectivity index (χ3v) is 4.03. The van der Waals surface area contributed by atoms with Crippen molar-refractivity contribution in [3.63, 3.8) is 0 Å². The van der Waals surface area contributed by atoms with Crippen LogP contribution in [0.1, 0.15) is 40.2 Å². The molecule has 1 aliphatic rings. The van der Waals surface area contributed by atoms with Gasteiger partial charge in [0.25, 0.3) is 0 Å². The Morgan fingerprint density at radius 1 is 1.10 bits per heavy atom. The van der Waals surface area contributed by atoms with Crippen LogP contribution in [0.2, 0.25) is 0 Å². The van der Waals surface area contributed by atoms with E-state index in [9.17, 15) is 4.79 Å². The lowest BCUT2D eigenvalue weighted by atomic mass is 9.88. The van der Waals surface area contributed by atoms with Gasteiger partial charge in [-0.2, -0.15) is 0 Å². The quantitative estimate of drug-likeness (QED) is 0.768. The number of rotatable bonds is 2. The molecule has 2 aromatic rings. The maximum Gasteiger partial charge on any atom is 0.170 e. The molecule has 0 fully saturated rings. The summed E-state index contributed by atoms with van der Waals surface area (Å²) in [7, 11) is 1.66. The SMILES string of the molecule is COc1cccc(C2CCCc3ccccc3C2=O)c1. The van der Waals surface area contributed by atoms with Crippen LogP contribution in [-0.2, 0) is 6.42 Å². The van der Waals surface area contributed by atoms with Gasteiger partial charge in [0, 0.05) is 11.5 Å². The number of carbonyl (C=O) groups excluding carboxylic acids is 1. The molecule has 3 rings (SSSR count). The Morgan fingerprint density at radius 3 is 2.80 bits per heavy atom. The van der Waals surface area contributed by atoms with Crippen LogP contribution in [0.25, 0.3) is 0 Å². The second-order valence-electron chi connectivity index (χ2n) is 5.24. The van der Waals surface area contributed by atoms with E-state index >= 15 is 0 Å². The lowest BCUT2D eigenvalue weighted by molar-refractivity contribution is 0.0957. The van der Waals surface area contributed by atoms with Crippen LogP contribution in [0.3, 0.4) is 0 Å². The highest BCUT2D eigenvalue weighted by Gasteiger charge is 2.26. The first-order valence-corrected chi connectivity index (χ1v) is 7.05. The van der Waals surface area contributed by atoms with Crippen LogP contribution in [0, 0.1) is 0 Å². The van der Waals surface area contributed by atoms with E-state index in [0.29, 0.717) is 0 Å². The molecule has 0 saturated carbocycles. The molecule has 0 aliphatic heterocycles. The van der Waals surface area contributed by atoms with Gasteiger partial charge in [0.05, 0.1) is 7.11 Å². The fourth-order valence-electron chi connectivity index (χ4n) is 2.97. The highest BCUT2D eigenvalue weighted by molar-refractivity contribution is 6.02. The molecule has 20 heavy (non-hydrogen) atoms. The third kappa shape index (κ3) is 2.34. The van der Waals surface area contributed by atoms with Crippen LogP contribution >= 0.6 is 0 Å². The number of ketones is 1. The summed E-state index contributed by atoms with van der Waals surface area (Å²) in [6, 6.07) is 15.9. The summed E-state index contributed by atoms with van der Waals surface area (Å²) in [6.07, 6.45) is 2.94. The summed E-state index contributed by atoms with van der Waals surface area (Å²) in [4.78, 5) is 12.8. The maximum absolute atomic E-state index is 12.8. The van der Waals surface area contributed by atoms with Crippen molar-refractivity contribution in [3.8, 4) is 5.75 Å². The van der Waals surface area contributed by atoms with E-state index in [0.717, 1.165) is 36.1 Å². The Morgan fingerprint density at radius 2 is 1.95 bits per heavy atom. The van der Waals surface area contributed by atoms with Crippen molar-refractivity contribution in [2.24, 2.45) is 0 Å². The maximum atomic E-state index is 12.8. The van der Waals surface area contributed by atoms with Crippen LogP contribution in [0.4, 0.5) is 0 Å². The van der Waals surface area contributed by atoms with Crippen molar-refractivity contribution in [1.29, 1.82) is 0 Å². The highest BCUT2D eigenvalue weighted by atomic mass is 16.5. The number of ether oxygens (including phenoxy) is 1. The number of methoxy groups -OCH3 is 1. The Labute approximate surface area is 119 Å². The van der Waals surface area contributed by atoms with E-state index < -0.39 is 0 Å². The van der Waals surface area contributed by atoms with Gasteiger partial charge in [-0.3, -0.25) is 4.79 Å². The molecule has 0 bridgehead atoms. The zero-order chi connectivity index (χ0) is 13.9. The van der Waals surface area contributed by atoms with Crippen molar-refractivity contribution < 1.29 is 9.53 Å². The molecule has 0 aromatic heterocycles. The Bertz CT molecular complexity index is 631. The summed E-state index contributed by atoms with van der Waals surface area (Å²) in [5.41, 5.74) is 3.13. The van der Waals surface area contributed by atoms with Gasteiger partial charge in [0.15, 0.2) is 5.78 Å². The summed E-state index contributed by atoms with van der Waals surface area (Å²) in [6.45, 7) is 0. The molecule has 1 aliphatic carbocycles. The van der Waals surface area contributed by atoms with Crippen molar-refractivity contribution in [3.05, 3.63) is 65.2 Å². The van der Waals surface area contributed by atoms with Crippen molar-refractivity contribution in [1.82, 2.24) is 0 Å². The second-order valence-corrected chi connectivity index (χ2v) is 5.24. The van der Waals surface area contributed by atoms with E-state index in [1.165, 1.54) is 5.56 Å². The number of aryl methyl sites for hydroxylation is 1. The minimum Gasteiger partial charge on any atom is -0.497 e. The summed E-state index contributed by atoms with van der Waals surface area (Å²) < 4.78 is 5.27. The monoisotopic (exact) mass is 266 g/mol. The number of Topliss-reactive ketones (excluding diaryl/α,β-unsaturated/α-hetero) is 1. The average molecular weight is 266 g/mol. The van der Waals surface area contributed by atoms with Crippen LogP contribution in [-0.4, -0.2) is 12.9 Å². The van der Waals surface area contributed by atoms with Gasteiger partial charge in [-0.25, -0.2) is 0 Å². The standard InChI is InChI=1S/C18H18O2/c1-20-15-9-4-8-14(12-15)17-11-5-7-13-6-2-3-10-16(13)18(17)19/h2-4,6,8-10,12,17H,5,7,11H2,1H3. The second kappa shape index (κ2) is 5.49. The zero-order valence-electron chi connectivity index (χ0n) is 11.6. The van der Waals surface area contributed by atoms with Crippen LogP contribution < -0.4 is 4.74 Å². The number of carbonyl (C=O) groups is 1. The van der Waals surface area contributed by atoms with Gasteiger partial charge >= 0.3 is 0 Å². The average Bonchev–Trinajstić information content (AvgIpc) is 2.67. The number of hydrogen-bond donors (Lipinski definition) is 0. The van der Waals surface area contributed by atoms with E-state index in [2.05, 4.69) is 6.07 Å². The molecule has 2 aromatic carbocycles. The predicted octanol–water partition coefficient (Wildman–Crippen LogP) is 4.00.